The van der Waals surface area contributed by atoms with Crippen molar-refractivity contribution in [2.75, 3.05) is 33.2 Å². The second-order valence-corrected chi connectivity index (χ2v) is 6.56. The summed E-state index contributed by atoms with van der Waals surface area (Å²) in [5.74, 6) is 0.729. The van der Waals surface area contributed by atoms with Gasteiger partial charge in [-0.15, -0.1) is 0 Å². The maximum Gasteiger partial charge on any atom is 0.252 e. The molecule has 2 rings (SSSR count). The molecule has 6 heteroatoms. The molecular formula is C16H25N3O2S. The summed E-state index contributed by atoms with van der Waals surface area (Å²) in [5.41, 5.74) is 0.697. The van der Waals surface area contributed by atoms with Gasteiger partial charge in [0, 0.05) is 37.0 Å². The van der Waals surface area contributed by atoms with Crippen LogP contribution in [0.3, 0.4) is 0 Å². The maximum absolute atomic E-state index is 12.2. The molecule has 1 aliphatic rings. The minimum atomic E-state index is -0.0549. The molecule has 1 aromatic rings. The van der Waals surface area contributed by atoms with Gasteiger partial charge in [-0.25, -0.2) is 0 Å². The van der Waals surface area contributed by atoms with Crippen molar-refractivity contribution in [2.24, 2.45) is 5.92 Å². The summed E-state index contributed by atoms with van der Waals surface area (Å²) in [6.45, 7) is 3.26. The summed E-state index contributed by atoms with van der Waals surface area (Å²) in [6, 6.07) is 1.81. The molecule has 1 fully saturated rings. The fourth-order valence-corrected chi connectivity index (χ4v) is 3.48. The molecule has 1 saturated heterocycles. The van der Waals surface area contributed by atoms with Crippen LogP contribution in [-0.2, 0) is 4.79 Å². The average molecular weight is 323 g/mol. The molecule has 2 N–H and O–H groups in total. The van der Waals surface area contributed by atoms with Crippen LogP contribution in [0, 0.1) is 5.92 Å². The van der Waals surface area contributed by atoms with Gasteiger partial charge in [0.25, 0.3) is 5.91 Å². The molecule has 1 aromatic heterocycles. The lowest BCUT2D eigenvalue weighted by atomic mass is 9.97. The highest BCUT2D eigenvalue weighted by atomic mass is 32.1. The highest BCUT2D eigenvalue weighted by Gasteiger charge is 2.22. The first-order valence-corrected chi connectivity index (χ1v) is 8.87. The largest absolute Gasteiger partial charge is 0.352 e. The fraction of sp³-hybridized carbons (Fsp3) is 0.625. The summed E-state index contributed by atoms with van der Waals surface area (Å²) >= 11 is 1.51. The van der Waals surface area contributed by atoms with Crippen molar-refractivity contribution in [1.29, 1.82) is 0 Å². The summed E-state index contributed by atoms with van der Waals surface area (Å²) in [5, 5.41) is 9.76. The molecule has 1 atom stereocenters. The maximum atomic E-state index is 12.2. The van der Waals surface area contributed by atoms with Gasteiger partial charge in [0.15, 0.2) is 0 Å². The third kappa shape index (κ3) is 5.10. The van der Waals surface area contributed by atoms with E-state index in [-0.39, 0.29) is 11.8 Å². The number of thiophene rings is 1. The molecule has 2 heterocycles. The molecule has 22 heavy (non-hydrogen) atoms. The van der Waals surface area contributed by atoms with Crippen LogP contribution in [0.15, 0.2) is 16.8 Å². The first-order valence-electron chi connectivity index (χ1n) is 7.93. The molecule has 0 aliphatic carbocycles. The number of carbonyl (C=O) groups excluding carboxylic acids is 2. The monoisotopic (exact) mass is 323 g/mol. The zero-order valence-electron chi connectivity index (χ0n) is 13.1. The lowest BCUT2D eigenvalue weighted by Crippen LogP contribution is -2.42. The van der Waals surface area contributed by atoms with E-state index in [9.17, 15) is 9.59 Å². The van der Waals surface area contributed by atoms with E-state index in [0.717, 1.165) is 26.1 Å². The highest BCUT2D eigenvalue weighted by molar-refractivity contribution is 7.08. The van der Waals surface area contributed by atoms with Crippen LogP contribution in [0.5, 0.6) is 0 Å². The van der Waals surface area contributed by atoms with Crippen LogP contribution in [-0.4, -0.2) is 49.9 Å². The third-order valence-electron chi connectivity index (χ3n) is 4.00. The van der Waals surface area contributed by atoms with Gasteiger partial charge in [0.2, 0.25) is 5.91 Å². The Labute approximate surface area is 136 Å². The van der Waals surface area contributed by atoms with Crippen LogP contribution >= 0.6 is 11.3 Å². The van der Waals surface area contributed by atoms with E-state index >= 15 is 0 Å². The summed E-state index contributed by atoms with van der Waals surface area (Å²) < 4.78 is 0. The van der Waals surface area contributed by atoms with Crippen molar-refractivity contribution < 1.29 is 9.59 Å². The molecule has 0 saturated carbocycles. The van der Waals surface area contributed by atoms with Gasteiger partial charge in [-0.1, -0.05) is 0 Å². The Hall–Kier alpha value is -1.40. The number of carbonyl (C=O) groups is 2. The number of rotatable bonds is 7. The van der Waals surface area contributed by atoms with E-state index in [2.05, 4.69) is 10.6 Å². The molecule has 0 spiro atoms. The molecule has 0 bridgehead atoms. The molecule has 1 aliphatic heterocycles. The zero-order valence-corrected chi connectivity index (χ0v) is 14.0. The van der Waals surface area contributed by atoms with Crippen molar-refractivity contribution in [3.63, 3.8) is 0 Å². The quantitative estimate of drug-likeness (QED) is 0.751. The number of hydrogen-bond acceptors (Lipinski definition) is 4. The Morgan fingerprint density at radius 3 is 3.05 bits per heavy atom. The predicted octanol–water partition coefficient (Wildman–Crippen LogP) is 1.72. The third-order valence-corrected chi connectivity index (χ3v) is 4.68. The molecule has 2 amide bonds. The van der Waals surface area contributed by atoms with Crippen molar-refractivity contribution in [2.45, 2.75) is 25.7 Å². The number of nitrogens with one attached hydrogen (secondary N) is 2. The van der Waals surface area contributed by atoms with E-state index in [1.807, 2.05) is 22.7 Å². The number of piperidine rings is 1. The zero-order chi connectivity index (χ0) is 15.8. The van der Waals surface area contributed by atoms with E-state index in [1.165, 1.54) is 17.8 Å². The van der Waals surface area contributed by atoms with Crippen LogP contribution < -0.4 is 10.6 Å². The first-order chi connectivity index (χ1) is 10.7. The minimum Gasteiger partial charge on any atom is -0.352 e. The number of nitrogens with zero attached hydrogens (tertiary/aromatic N) is 1. The smallest absolute Gasteiger partial charge is 0.252 e. The Kier molecular flexibility index (Phi) is 6.86. The molecule has 0 aromatic carbocycles. The van der Waals surface area contributed by atoms with Crippen LogP contribution in [0.2, 0.25) is 0 Å². The van der Waals surface area contributed by atoms with E-state index < -0.39 is 0 Å². The van der Waals surface area contributed by atoms with Gasteiger partial charge < -0.3 is 15.5 Å². The lowest BCUT2D eigenvalue weighted by Gasteiger charge is -2.32. The van der Waals surface area contributed by atoms with Crippen molar-refractivity contribution in [3.8, 4) is 0 Å². The number of amides is 2. The Morgan fingerprint density at radius 2 is 2.32 bits per heavy atom. The number of hydrogen-bond donors (Lipinski definition) is 2. The Balaban J connectivity index is 1.64. The van der Waals surface area contributed by atoms with Gasteiger partial charge in [0.05, 0.1) is 0 Å². The molecule has 122 valence electrons. The van der Waals surface area contributed by atoms with Gasteiger partial charge >= 0.3 is 0 Å². The van der Waals surface area contributed by atoms with Crippen LogP contribution in [0.4, 0.5) is 0 Å². The molecule has 0 radical (unpaired) electrons. The van der Waals surface area contributed by atoms with Gasteiger partial charge in [-0.2, -0.15) is 11.3 Å². The fourth-order valence-electron chi connectivity index (χ4n) is 2.84. The second-order valence-electron chi connectivity index (χ2n) is 5.78. The van der Waals surface area contributed by atoms with Crippen LogP contribution in [0.25, 0.3) is 0 Å². The standard InChI is InChI=1S/C16H25N3O2S/c1-17-10-13-4-3-8-19(11-13)15(20)5-2-7-18-16(21)14-6-9-22-12-14/h6,9,12-13,17H,2-5,7-8,10-11H2,1H3,(H,18,21). The van der Waals surface area contributed by atoms with Gasteiger partial charge in [-0.05, 0) is 50.2 Å². The van der Waals surface area contributed by atoms with E-state index in [1.54, 1.807) is 6.07 Å². The molecule has 5 nitrogen and oxygen atoms in total. The Bertz CT molecular complexity index is 474. The SMILES string of the molecule is CNCC1CCCN(C(=O)CCCNC(=O)c2ccsc2)C1. The number of likely N-dealkylation sites (tertiary alicyclic amines) is 1. The van der Waals surface area contributed by atoms with Crippen molar-refractivity contribution >= 4 is 23.2 Å². The predicted molar refractivity (Wildman–Crippen MR) is 89.1 cm³/mol. The topological polar surface area (TPSA) is 61.4 Å². The molecule has 1 unspecified atom stereocenters. The first kappa shape index (κ1) is 17.0. The van der Waals surface area contributed by atoms with Gasteiger partial charge in [-0.3, -0.25) is 9.59 Å². The Morgan fingerprint density at radius 1 is 1.45 bits per heavy atom. The van der Waals surface area contributed by atoms with Gasteiger partial charge in [0.1, 0.15) is 0 Å². The van der Waals surface area contributed by atoms with E-state index in [0.29, 0.717) is 30.9 Å². The van der Waals surface area contributed by atoms with Crippen molar-refractivity contribution in [3.05, 3.63) is 22.4 Å². The lowest BCUT2D eigenvalue weighted by molar-refractivity contribution is -0.133. The highest BCUT2D eigenvalue weighted by Crippen LogP contribution is 2.16. The van der Waals surface area contributed by atoms with Crippen LogP contribution in [0.1, 0.15) is 36.0 Å². The summed E-state index contributed by atoms with van der Waals surface area (Å²) in [7, 11) is 1.96. The van der Waals surface area contributed by atoms with Crippen molar-refractivity contribution in [1.82, 2.24) is 15.5 Å². The minimum absolute atomic E-state index is 0.0549. The summed E-state index contributed by atoms with van der Waals surface area (Å²) in [4.78, 5) is 26.0. The normalized spacial score (nSPS) is 18.2. The second kappa shape index (κ2) is 8.90. The average Bonchev–Trinajstić information content (AvgIpc) is 3.06. The van der Waals surface area contributed by atoms with E-state index in [4.69, 9.17) is 0 Å². The molecular weight excluding hydrogens is 298 g/mol. The summed E-state index contributed by atoms with van der Waals surface area (Å²) in [6.07, 6.45) is 3.49.